The van der Waals surface area contributed by atoms with Crippen LogP contribution >= 0.6 is 23.2 Å². The molecule has 1 aromatic carbocycles. The fourth-order valence-electron chi connectivity index (χ4n) is 3.39. The number of aliphatic hydroxyl groups excluding tert-OH is 3. The van der Waals surface area contributed by atoms with Crippen LogP contribution in [0.25, 0.3) is 11.0 Å². The smallest absolute Gasteiger partial charge is 0.204 e. The Bertz CT molecular complexity index is 788. The quantitative estimate of drug-likeness (QED) is 0.649. The van der Waals surface area contributed by atoms with Crippen LogP contribution in [-0.2, 0) is 0 Å². The van der Waals surface area contributed by atoms with Crippen molar-refractivity contribution in [2.75, 3.05) is 11.9 Å². The van der Waals surface area contributed by atoms with Gasteiger partial charge in [-0.3, -0.25) is 0 Å². The summed E-state index contributed by atoms with van der Waals surface area (Å²) < 4.78 is 1.85. The number of nitrogens with zero attached hydrogens (tertiary/aromatic N) is 2. The zero-order valence-corrected chi connectivity index (χ0v) is 15.9. The molecule has 8 heteroatoms. The molecule has 3 rings (SSSR count). The van der Waals surface area contributed by atoms with Gasteiger partial charge in [0.25, 0.3) is 0 Å². The first-order valence-corrected chi connectivity index (χ1v) is 9.00. The molecule has 6 nitrogen and oxygen atoms in total. The summed E-state index contributed by atoms with van der Waals surface area (Å²) >= 11 is 12.3. The van der Waals surface area contributed by atoms with E-state index in [2.05, 4.69) is 10.3 Å². The largest absolute Gasteiger partial charge is 0.396 e. The summed E-state index contributed by atoms with van der Waals surface area (Å²) in [6.45, 7) is 5.84. The van der Waals surface area contributed by atoms with Gasteiger partial charge in [0, 0.05) is 18.1 Å². The molecule has 1 fully saturated rings. The van der Waals surface area contributed by atoms with E-state index in [0.717, 1.165) is 5.52 Å². The average Bonchev–Trinajstić information content (AvgIpc) is 2.96. The van der Waals surface area contributed by atoms with Crippen molar-refractivity contribution in [3.63, 3.8) is 0 Å². The highest BCUT2D eigenvalue weighted by Crippen LogP contribution is 2.41. The van der Waals surface area contributed by atoms with Crippen LogP contribution in [0.2, 0.25) is 10.0 Å². The fraction of sp³-hybridized carbons (Fsp3) is 0.588. The molecule has 0 bridgehead atoms. The number of fused-ring (bicyclic) bond motifs is 1. The Morgan fingerprint density at radius 1 is 1.20 bits per heavy atom. The van der Waals surface area contributed by atoms with Crippen LogP contribution in [0.5, 0.6) is 0 Å². The first kappa shape index (κ1) is 18.7. The van der Waals surface area contributed by atoms with Gasteiger partial charge in [0.1, 0.15) is 6.10 Å². The number of benzene rings is 1. The molecule has 3 unspecified atom stereocenters. The van der Waals surface area contributed by atoms with E-state index in [0.29, 0.717) is 27.9 Å². The highest BCUT2D eigenvalue weighted by molar-refractivity contribution is 6.42. The summed E-state index contributed by atoms with van der Waals surface area (Å²) in [6, 6.07) is 2.97. The number of anilines is 1. The summed E-state index contributed by atoms with van der Waals surface area (Å²) in [5, 5.41) is 34.3. The predicted octanol–water partition coefficient (Wildman–Crippen LogP) is 2.83. The van der Waals surface area contributed by atoms with Gasteiger partial charge in [0.15, 0.2) is 0 Å². The molecule has 0 amide bonds. The molecule has 25 heavy (non-hydrogen) atoms. The summed E-state index contributed by atoms with van der Waals surface area (Å²) in [5.41, 5.74) is 1.11. The molecule has 1 aliphatic carbocycles. The standard InChI is InChI=1S/C17H23Cl2N3O3/c1-17(2,3)21-16-20-11-5-9(18)10(19)6-12(11)22(16)13-4-8(7-23)14(24)15(13)25/h5-6,8,13-15,23-25H,4,7H2,1-3H3,(H,20,21)/t8?,13-,14?,15?/m0/s1. The van der Waals surface area contributed by atoms with E-state index < -0.39 is 18.2 Å². The number of aromatic nitrogens is 2. The van der Waals surface area contributed by atoms with Gasteiger partial charge in [0.05, 0.1) is 33.2 Å². The molecular formula is C17H23Cl2N3O3. The number of rotatable bonds is 3. The van der Waals surface area contributed by atoms with Gasteiger partial charge in [-0.2, -0.15) is 0 Å². The van der Waals surface area contributed by atoms with Gasteiger partial charge in [-0.25, -0.2) is 4.98 Å². The molecule has 4 atom stereocenters. The van der Waals surface area contributed by atoms with Crippen molar-refractivity contribution >= 4 is 40.2 Å². The second-order valence-corrected chi connectivity index (χ2v) is 8.48. The number of aliphatic hydroxyl groups is 3. The van der Waals surface area contributed by atoms with Crippen LogP contribution in [-0.4, -0.2) is 49.2 Å². The molecule has 1 heterocycles. The number of hydrogen-bond donors (Lipinski definition) is 4. The molecule has 1 aliphatic rings. The molecule has 0 radical (unpaired) electrons. The van der Waals surface area contributed by atoms with Gasteiger partial charge in [-0.05, 0) is 39.3 Å². The molecule has 1 saturated carbocycles. The Balaban J connectivity index is 2.17. The monoisotopic (exact) mass is 387 g/mol. The van der Waals surface area contributed by atoms with Gasteiger partial charge < -0.3 is 25.2 Å². The average molecular weight is 388 g/mol. The summed E-state index contributed by atoms with van der Waals surface area (Å²) in [6.07, 6.45) is -1.56. The van der Waals surface area contributed by atoms with Crippen LogP contribution < -0.4 is 5.32 Å². The van der Waals surface area contributed by atoms with E-state index in [1.54, 1.807) is 12.1 Å². The minimum Gasteiger partial charge on any atom is -0.396 e. The van der Waals surface area contributed by atoms with E-state index in [9.17, 15) is 15.3 Å². The highest BCUT2D eigenvalue weighted by atomic mass is 35.5. The maximum Gasteiger partial charge on any atom is 0.204 e. The topological polar surface area (TPSA) is 90.5 Å². The van der Waals surface area contributed by atoms with Gasteiger partial charge in [0.2, 0.25) is 5.95 Å². The van der Waals surface area contributed by atoms with Crippen LogP contribution in [0, 0.1) is 5.92 Å². The number of halogens is 2. The SMILES string of the molecule is CC(C)(C)Nc1nc2cc(Cl)c(Cl)cc2n1[C@H]1CC(CO)C(O)C1O. The fourth-order valence-corrected chi connectivity index (χ4v) is 3.70. The van der Waals surface area contributed by atoms with Crippen LogP contribution in [0.1, 0.15) is 33.2 Å². The van der Waals surface area contributed by atoms with Crippen molar-refractivity contribution in [1.29, 1.82) is 0 Å². The summed E-state index contributed by atoms with van der Waals surface area (Å²) in [4.78, 5) is 4.61. The third-order valence-electron chi connectivity index (χ3n) is 4.56. The minimum absolute atomic E-state index is 0.185. The molecule has 0 aliphatic heterocycles. The maximum atomic E-state index is 10.5. The van der Waals surface area contributed by atoms with Gasteiger partial charge >= 0.3 is 0 Å². The lowest BCUT2D eigenvalue weighted by Gasteiger charge is -2.26. The van der Waals surface area contributed by atoms with Crippen molar-refractivity contribution in [3.8, 4) is 0 Å². The first-order chi connectivity index (χ1) is 11.6. The van der Waals surface area contributed by atoms with Crippen molar-refractivity contribution in [1.82, 2.24) is 9.55 Å². The molecule has 4 N–H and O–H groups in total. The minimum atomic E-state index is -1.01. The van der Waals surface area contributed by atoms with E-state index >= 15 is 0 Å². The van der Waals surface area contributed by atoms with Crippen molar-refractivity contribution in [2.45, 2.75) is 51.0 Å². The van der Waals surface area contributed by atoms with Gasteiger partial charge in [-0.1, -0.05) is 23.2 Å². The van der Waals surface area contributed by atoms with Crippen LogP contribution in [0.4, 0.5) is 5.95 Å². The molecule has 138 valence electrons. The molecule has 0 saturated heterocycles. The lowest BCUT2D eigenvalue weighted by atomic mass is 10.1. The Hall–Kier alpha value is -1.05. The Morgan fingerprint density at radius 2 is 1.84 bits per heavy atom. The molecular weight excluding hydrogens is 365 g/mol. The van der Waals surface area contributed by atoms with Crippen molar-refractivity contribution in [2.24, 2.45) is 5.92 Å². The summed E-state index contributed by atoms with van der Waals surface area (Å²) in [7, 11) is 0. The van der Waals surface area contributed by atoms with E-state index in [1.807, 2.05) is 25.3 Å². The maximum absolute atomic E-state index is 10.5. The number of imidazole rings is 1. The first-order valence-electron chi connectivity index (χ1n) is 8.24. The number of nitrogens with one attached hydrogen (secondary N) is 1. The highest BCUT2D eigenvalue weighted by Gasteiger charge is 2.43. The lowest BCUT2D eigenvalue weighted by Crippen LogP contribution is -2.32. The van der Waals surface area contributed by atoms with Crippen molar-refractivity contribution in [3.05, 3.63) is 22.2 Å². The third kappa shape index (κ3) is 3.46. The zero-order valence-electron chi connectivity index (χ0n) is 14.4. The Morgan fingerprint density at radius 3 is 2.40 bits per heavy atom. The second kappa shape index (κ2) is 6.59. The Labute approximate surface area is 156 Å². The van der Waals surface area contributed by atoms with Crippen LogP contribution in [0.3, 0.4) is 0 Å². The lowest BCUT2D eigenvalue weighted by molar-refractivity contribution is -0.00347. The molecule has 0 spiro atoms. The zero-order chi connectivity index (χ0) is 18.5. The number of hydrogen-bond acceptors (Lipinski definition) is 5. The van der Waals surface area contributed by atoms with Crippen LogP contribution in [0.15, 0.2) is 12.1 Å². The predicted molar refractivity (Wildman–Crippen MR) is 99.4 cm³/mol. The van der Waals surface area contributed by atoms with Crippen molar-refractivity contribution < 1.29 is 15.3 Å². The van der Waals surface area contributed by atoms with E-state index in [4.69, 9.17) is 23.2 Å². The van der Waals surface area contributed by atoms with E-state index in [1.165, 1.54) is 0 Å². The normalized spacial score (nSPS) is 27.2. The summed E-state index contributed by atoms with van der Waals surface area (Å²) in [5.74, 6) is 0.179. The molecule has 2 aromatic rings. The van der Waals surface area contributed by atoms with E-state index in [-0.39, 0.29) is 18.1 Å². The molecule has 1 aromatic heterocycles. The Kier molecular flexibility index (Phi) is 4.94. The third-order valence-corrected chi connectivity index (χ3v) is 5.28. The second-order valence-electron chi connectivity index (χ2n) is 7.66. The van der Waals surface area contributed by atoms with Gasteiger partial charge in [-0.15, -0.1) is 0 Å².